The molecule has 1 N–H and O–H groups in total. The molecule has 0 fully saturated rings. The number of aryl methyl sites for hydroxylation is 1. The van der Waals surface area contributed by atoms with Gasteiger partial charge in [0.1, 0.15) is 13.2 Å². The van der Waals surface area contributed by atoms with Crippen molar-refractivity contribution in [2.75, 3.05) is 26.8 Å². The molecule has 34 heavy (non-hydrogen) atoms. The highest BCUT2D eigenvalue weighted by Gasteiger charge is 2.17. The van der Waals surface area contributed by atoms with Crippen molar-refractivity contribution in [3.05, 3.63) is 65.9 Å². The van der Waals surface area contributed by atoms with Gasteiger partial charge in [0.15, 0.2) is 17.3 Å². The number of carbonyl (C=O) groups is 2. The molecule has 0 radical (unpaired) electrons. The van der Waals surface area contributed by atoms with Gasteiger partial charge in [0.2, 0.25) is 5.91 Å². The highest BCUT2D eigenvalue weighted by Crippen LogP contribution is 2.31. The molecule has 1 aliphatic rings. The number of nitrogens with one attached hydrogen (secondary N) is 1. The van der Waals surface area contributed by atoms with Crippen LogP contribution in [0.5, 0.6) is 11.5 Å². The topological polar surface area (TPSA) is 84.5 Å². The molecule has 1 amide bonds. The minimum absolute atomic E-state index is 0.00744. The molecular weight excluding hydrogens is 430 g/mol. The molecule has 178 valence electrons. The summed E-state index contributed by atoms with van der Waals surface area (Å²) in [6, 6.07) is 17.4. The fraction of sp³-hybridized carbons (Fsp3) is 0.370. The number of unbranched alkanes of at least 4 members (excludes halogenated alkanes) is 2. The first-order valence-corrected chi connectivity index (χ1v) is 11.9. The van der Waals surface area contributed by atoms with Crippen LogP contribution in [0.1, 0.15) is 48.2 Å². The summed E-state index contributed by atoms with van der Waals surface area (Å²) in [5.41, 5.74) is 3.75. The molecule has 3 aromatic rings. The smallest absolute Gasteiger partial charge is 0.222 e. The Morgan fingerprint density at radius 2 is 1.74 bits per heavy atom. The number of hydrogen-bond donors (Lipinski definition) is 1. The molecule has 7 nitrogen and oxygen atoms in total. The Labute approximate surface area is 200 Å². The van der Waals surface area contributed by atoms with Crippen LogP contribution in [0, 0.1) is 0 Å². The third-order valence-electron chi connectivity index (χ3n) is 6.00. The molecule has 2 aromatic carbocycles. The van der Waals surface area contributed by atoms with Gasteiger partial charge in [0, 0.05) is 43.3 Å². The number of Topliss-reactive ketones (excluding diaryl/α,β-unsaturated/α-hetero) is 1. The number of hydrogen-bond acceptors (Lipinski definition) is 5. The summed E-state index contributed by atoms with van der Waals surface area (Å²) in [7, 11) is 1.80. The number of aromatic amines is 1. The Morgan fingerprint density at radius 3 is 2.56 bits per heavy atom. The van der Waals surface area contributed by atoms with Gasteiger partial charge in [0.25, 0.3) is 0 Å². The zero-order valence-electron chi connectivity index (χ0n) is 19.6. The quantitative estimate of drug-likeness (QED) is 0.331. The molecule has 4 rings (SSSR count). The van der Waals surface area contributed by atoms with Gasteiger partial charge in [-0.1, -0.05) is 36.8 Å². The van der Waals surface area contributed by atoms with Crippen LogP contribution >= 0.6 is 0 Å². The summed E-state index contributed by atoms with van der Waals surface area (Å²) >= 11 is 0. The summed E-state index contributed by atoms with van der Waals surface area (Å²) < 4.78 is 11.0. The number of aromatic nitrogens is 2. The van der Waals surface area contributed by atoms with Gasteiger partial charge in [-0.15, -0.1) is 0 Å². The van der Waals surface area contributed by atoms with Crippen LogP contribution in [-0.2, 0) is 11.2 Å². The molecule has 0 saturated heterocycles. The zero-order chi connectivity index (χ0) is 23.8. The summed E-state index contributed by atoms with van der Waals surface area (Å²) in [6.07, 6.45) is 4.31. The number of rotatable bonds is 11. The van der Waals surface area contributed by atoms with Crippen molar-refractivity contribution in [2.24, 2.45) is 0 Å². The van der Waals surface area contributed by atoms with E-state index in [4.69, 9.17) is 9.47 Å². The Morgan fingerprint density at radius 1 is 0.941 bits per heavy atom. The molecule has 1 aliphatic heterocycles. The van der Waals surface area contributed by atoms with E-state index in [1.54, 1.807) is 30.1 Å². The van der Waals surface area contributed by atoms with Gasteiger partial charge in [-0.25, -0.2) is 0 Å². The molecule has 0 unspecified atom stereocenters. The first-order valence-electron chi connectivity index (χ1n) is 11.9. The van der Waals surface area contributed by atoms with Crippen molar-refractivity contribution in [3.63, 3.8) is 0 Å². The van der Waals surface area contributed by atoms with Crippen molar-refractivity contribution >= 4 is 11.7 Å². The first kappa shape index (κ1) is 23.5. The fourth-order valence-electron chi connectivity index (χ4n) is 3.98. The predicted octanol–water partition coefficient (Wildman–Crippen LogP) is 4.68. The monoisotopic (exact) mass is 461 g/mol. The third kappa shape index (κ3) is 6.25. The lowest BCUT2D eigenvalue weighted by Gasteiger charge is -2.19. The van der Waals surface area contributed by atoms with E-state index in [0.29, 0.717) is 36.8 Å². The van der Waals surface area contributed by atoms with Crippen LogP contribution in [0.4, 0.5) is 0 Å². The largest absolute Gasteiger partial charge is 0.486 e. The maximum Gasteiger partial charge on any atom is 0.222 e. The van der Waals surface area contributed by atoms with Gasteiger partial charge in [-0.2, -0.15) is 5.10 Å². The highest BCUT2D eigenvalue weighted by molar-refractivity contribution is 5.98. The maximum atomic E-state index is 12.5. The van der Waals surface area contributed by atoms with Gasteiger partial charge in [0.05, 0.1) is 5.69 Å². The van der Waals surface area contributed by atoms with Crippen LogP contribution < -0.4 is 9.47 Å². The van der Waals surface area contributed by atoms with Crippen molar-refractivity contribution in [2.45, 2.75) is 38.5 Å². The average molecular weight is 462 g/mol. The minimum atomic E-state index is -0.0619. The van der Waals surface area contributed by atoms with E-state index < -0.39 is 0 Å². The second-order valence-corrected chi connectivity index (χ2v) is 8.55. The number of benzene rings is 2. The van der Waals surface area contributed by atoms with Crippen molar-refractivity contribution < 1.29 is 19.1 Å². The molecule has 2 heterocycles. The second kappa shape index (κ2) is 11.5. The molecule has 1 aromatic heterocycles. The Bertz CT molecular complexity index is 1110. The van der Waals surface area contributed by atoms with E-state index in [1.165, 1.54) is 0 Å². The maximum absolute atomic E-state index is 12.5. The number of carbonyl (C=O) groups excluding carboxylic acids is 2. The van der Waals surface area contributed by atoms with E-state index in [-0.39, 0.29) is 24.5 Å². The number of H-pyrrole nitrogens is 1. The molecular formula is C27H31N3O4. The normalized spacial score (nSPS) is 12.4. The number of fused-ring (bicyclic) bond motifs is 1. The van der Waals surface area contributed by atoms with Crippen LogP contribution in [0.25, 0.3) is 11.3 Å². The lowest BCUT2D eigenvalue weighted by molar-refractivity contribution is -0.129. The molecule has 0 spiro atoms. The van der Waals surface area contributed by atoms with Crippen molar-refractivity contribution in [1.82, 2.24) is 15.1 Å². The van der Waals surface area contributed by atoms with Gasteiger partial charge in [-0.05, 0) is 43.5 Å². The number of nitrogens with zero attached hydrogens (tertiary/aromatic N) is 2. The number of amides is 1. The van der Waals surface area contributed by atoms with Crippen LogP contribution in [0.3, 0.4) is 0 Å². The SMILES string of the molecule is CN(CCCCCc1cc(-c2ccccc2)n[nH]1)C(=O)CCC(=O)c1ccc2c(c1)OCCO2. The lowest BCUT2D eigenvalue weighted by Crippen LogP contribution is -2.28. The van der Waals surface area contributed by atoms with E-state index in [1.807, 2.05) is 18.2 Å². The molecule has 0 atom stereocenters. The predicted molar refractivity (Wildman–Crippen MR) is 130 cm³/mol. The first-order chi connectivity index (χ1) is 16.6. The standard InChI is InChI=1S/C27H31N3O4/c1-30(15-7-3-6-10-22-19-23(29-28-22)20-8-4-2-5-9-20)27(32)14-12-24(31)21-11-13-25-26(18-21)34-17-16-33-25/h2,4-5,8-9,11,13,18-19H,3,6-7,10,12,14-17H2,1H3,(H,28,29). The van der Waals surface area contributed by atoms with E-state index >= 15 is 0 Å². The van der Waals surface area contributed by atoms with Gasteiger partial charge >= 0.3 is 0 Å². The van der Waals surface area contributed by atoms with Gasteiger partial charge in [-0.3, -0.25) is 14.7 Å². The lowest BCUT2D eigenvalue weighted by atomic mass is 10.1. The minimum Gasteiger partial charge on any atom is -0.486 e. The van der Waals surface area contributed by atoms with E-state index in [0.717, 1.165) is 42.6 Å². The van der Waals surface area contributed by atoms with E-state index in [2.05, 4.69) is 28.4 Å². The second-order valence-electron chi connectivity index (χ2n) is 8.55. The number of ketones is 1. The van der Waals surface area contributed by atoms with Crippen molar-refractivity contribution in [3.8, 4) is 22.8 Å². The number of ether oxygens (including phenoxy) is 2. The zero-order valence-corrected chi connectivity index (χ0v) is 19.6. The average Bonchev–Trinajstić information content (AvgIpc) is 3.36. The summed E-state index contributed by atoms with van der Waals surface area (Å²) in [6.45, 7) is 1.68. The Balaban J connectivity index is 1.13. The summed E-state index contributed by atoms with van der Waals surface area (Å²) in [4.78, 5) is 26.7. The van der Waals surface area contributed by atoms with Crippen molar-refractivity contribution in [1.29, 1.82) is 0 Å². The summed E-state index contributed by atoms with van der Waals surface area (Å²) in [5, 5.41) is 7.51. The summed E-state index contributed by atoms with van der Waals surface area (Å²) in [5.74, 6) is 1.18. The fourth-order valence-corrected chi connectivity index (χ4v) is 3.98. The molecule has 0 aliphatic carbocycles. The third-order valence-corrected chi connectivity index (χ3v) is 6.00. The molecule has 7 heteroatoms. The van der Waals surface area contributed by atoms with Crippen LogP contribution in [-0.4, -0.2) is 53.6 Å². The van der Waals surface area contributed by atoms with Crippen LogP contribution in [0.2, 0.25) is 0 Å². The van der Waals surface area contributed by atoms with E-state index in [9.17, 15) is 9.59 Å². The molecule has 0 saturated carbocycles. The Kier molecular flexibility index (Phi) is 7.96. The van der Waals surface area contributed by atoms with Gasteiger partial charge < -0.3 is 14.4 Å². The van der Waals surface area contributed by atoms with Crippen LogP contribution in [0.15, 0.2) is 54.6 Å². The highest BCUT2D eigenvalue weighted by atomic mass is 16.6. The molecule has 0 bridgehead atoms. The Hall–Kier alpha value is -3.61.